The van der Waals surface area contributed by atoms with Crippen LogP contribution < -0.4 is 10.4 Å². The molecule has 0 N–H and O–H groups in total. The van der Waals surface area contributed by atoms with E-state index in [9.17, 15) is 0 Å². The number of benzene rings is 2. The molecule has 23 heavy (non-hydrogen) atoms. The smallest absolute Gasteiger partial charge is 0.119 e. The Kier molecular flexibility index (Phi) is 7.06. The molecule has 2 aromatic carbocycles. The molecule has 2 aromatic rings. The first kappa shape index (κ1) is 18.0. The lowest BCUT2D eigenvalue weighted by molar-refractivity contribution is 0.320. The molecule has 0 radical (unpaired) electrons. The lowest BCUT2D eigenvalue weighted by Gasteiger charge is -2.35. The average molecular weight is 326 g/mol. The third kappa shape index (κ3) is 4.33. The molecule has 0 bridgehead atoms. The summed E-state index contributed by atoms with van der Waals surface area (Å²) in [4.78, 5) is 2.57. The Morgan fingerprint density at radius 2 is 1.17 bits per heavy atom. The molecule has 0 aliphatic rings. The Bertz CT molecular complexity index is 509. The topological polar surface area (TPSA) is 3.24 Å². The lowest BCUT2D eigenvalue weighted by Crippen LogP contribution is -2.59. The molecule has 0 fully saturated rings. The van der Waals surface area contributed by atoms with Crippen molar-refractivity contribution in [2.45, 2.75) is 39.3 Å². The molecular formula is C21H31NSi. The quantitative estimate of drug-likeness (QED) is 0.630. The molecule has 2 rings (SSSR count). The van der Waals surface area contributed by atoms with Crippen LogP contribution in [0.15, 0.2) is 60.7 Å². The van der Waals surface area contributed by atoms with Gasteiger partial charge < -0.3 is 4.90 Å². The molecule has 0 saturated carbocycles. The molecule has 0 unspecified atom stereocenters. The van der Waals surface area contributed by atoms with Crippen molar-refractivity contribution < 1.29 is 0 Å². The van der Waals surface area contributed by atoms with Gasteiger partial charge in [-0.05, 0) is 31.7 Å². The Labute approximate surface area is 143 Å². The van der Waals surface area contributed by atoms with Gasteiger partial charge in [-0.25, -0.2) is 0 Å². The van der Waals surface area contributed by atoms with Gasteiger partial charge in [-0.1, -0.05) is 98.2 Å². The van der Waals surface area contributed by atoms with Crippen LogP contribution in [-0.2, 0) is 0 Å². The van der Waals surface area contributed by atoms with E-state index in [0.29, 0.717) is 0 Å². The molecule has 1 nitrogen and oxygen atoms in total. The monoisotopic (exact) mass is 325 g/mol. The van der Waals surface area contributed by atoms with Crippen LogP contribution in [0.5, 0.6) is 0 Å². The highest BCUT2D eigenvalue weighted by Crippen LogP contribution is 2.19. The summed E-state index contributed by atoms with van der Waals surface area (Å²) in [5.41, 5.74) is 0. The summed E-state index contributed by atoms with van der Waals surface area (Å²) in [5, 5.41) is 3.19. The second-order valence-electron chi connectivity index (χ2n) is 6.34. The van der Waals surface area contributed by atoms with Crippen molar-refractivity contribution in [3.05, 3.63) is 60.7 Å². The van der Waals surface area contributed by atoms with E-state index in [0.717, 1.165) is 13.1 Å². The molecule has 0 aliphatic carbocycles. The predicted octanol–water partition coefficient (Wildman–Crippen LogP) is 4.00. The molecule has 0 atom stereocenters. The average Bonchev–Trinajstić information content (AvgIpc) is 2.63. The summed E-state index contributed by atoms with van der Waals surface area (Å²) in [6.07, 6.45) is 1.26. The molecular weight excluding hydrogens is 294 g/mol. The zero-order valence-electron chi connectivity index (χ0n) is 15.0. The zero-order chi connectivity index (χ0) is 16.5. The van der Waals surface area contributed by atoms with Crippen LogP contribution >= 0.6 is 0 Å². The lowest BCUT2D eigenvalue weighted by atomic mass is 10.4. The van der Waals surface area contributed by atoms with E-state index in [2.05, 4.69) is 86.3 Å². The minimum atomic E-state index is -1.68. The molecule has 124 valence electrons. The largest absolute Gasteiger partial charge is 0.304 e. The summed E-state index contributed by atoms with van der Waals surface area (Å²) in [6, 6.07) is 25.3. The van der Waals surface area contributed by atoms with Gasteiger partial charge in [0.15, 0.2) is 0 Å². The van der Waals surface area contributed by atoms with Crippen molar-refractivity contribution in [3.63, 3.8) is 0 Å². The van der Waals surface area contributed by atoms with Crippen LogP contribution in [0, 0.1) is 0 Å². The zero-order valence-corrected chi connectivity index (χ0v) is 16.0. The highest BCUT2D eigenvalue weighted by atomic mass is 28.3. The third-order valence-corrected chi connectivity index (χ3v) is 10.4. The highest BCUT2D eigenvalue weighted by molar-refractivity contribution is 7.02. The minimum Gasteiger partial charge on any atom is -0.304 e. The third-order valence-electron chi connectivity index (χ3n) is 5.08. The minimum absolute atomic E-state index is 1.15. The SMILES string of the molecule is CCC[Si](CCN(CC)CC)(c1ccccc1)c1ccccc1. The molecule has 0 aromatic heterocycles. The maximum absolute atomic E-state index is 2.57. The van der Waals surface area contributed by atoms with E-state index < -0.39 is 8.07 Å². The number of hydrogen-bond acceptors (Lipinski definition) is 1. The Hall–Kier alpha value is -1.38. The van der Waals surface area contributed by atoms with Crippen LogP contribution in [-0.4, -0.2) is 32.6 Å². The Morgan fingerprint density at radius 1 is 0.696 bits per heavy atom. The van der Waals surface area contributed by atoms with Crippen molar-refractivity contribution in [2.75, 3.05) is 19.6 Å². The van der Waals surface area contributed by atoms with E-state index in [1.54, 1.807) is 10.4 Å². The van der Waals surface area contributed by atoms with Gasteiger partial charge in [0, 0.05) is 0 Å². The molecule has 0 aliphatic heterocycles. The van der Waals surface area contributed by atoms with Gasteiger partial charge >= 0.3 is 0 Å². The van der Waals surface area contributed by atoms with Crippen molar-refractivity contribution in [2.24, 2.45) is 0 Å². The Balaban J connectivity index is 2.43. The normalized spacial score (nSPS) is 11.8. The van der Waals surface area contributed by atoms with Gasteiger partial charge in [-0.2, -0.15) is 0 Å². The fraction of sp³-hybridized carbons (Fsp3) is 0.429. The number of rotatable bonds is 9. The Morgan fingerprint density at radius 3 is 1.57 bits per heavy atom. The fourth-order valence-corrected chi connectivity index (χ4v) is 8.65. The second kappa shape index (κ2) is 9.04. The van der Waals surface area contributed by atoms with Gasteiger partial charge in [0.25, 0.3) is 0 Å². The first-order chi connectivity index (χ1) is 11.3. The van der Waals surface area contributed by atoms with Crippen molar-refractivity contribution in [1.29, 1.82) is 0 Å². The molecule has 0 saturated heterocycles. The van der Waals surface area contributed by atoms with Crippen LogP contribution in [0.4, 0.5) is 0 Å². The van der Waals surface area contributed by atoms with Gasteiger partial charge in [0.2, 0.25) is 0 Å². The first-order valence-electron chi connectivity index (χ1n) is 9.10. The van der Waals surface area contributed by atoms with E-state index in [1.165, 1.54) is 25.1 Å². The second-order valence-corrected chi connectivity index (χ2v) is 10.7. The van der Waals surface area contributed by atoms with E-state index in [1.807, 2.05) is 0 Å². The predicted molar refractivity (Wildman–Crippen MR) is 106 cm³/mol. The van der Waals surface area contributed by atoms with Crippen molar-refractivity contribution in [1.82, 2.24) is 4.90 Å². The maximum Gasteiger partial charge on any atom is 0.119 e. The first-order valence-corrected chi connectivity index (χ1v) is 11.5. The summed E-state index contributed by atoms with van der Waals surface area (Å²) in [7, 11) is -1.68. The van der Waals surface area contributed by atoms with Crippen LogP contribution in [0.25, 0.3) is 0 Å². The van der Waals surface area contributed by atoms with Crippen LogP contribution in [0.1, 0.15) is 27.2 Å². The van der Waals surface area contributed by atoms with Gasteiger partial charge in [0.05, 0.1) is 0 Å². The van der Waals surface area contributed by atoms with E-state index >= 15 is 0 Å². The summed E-state index contributed by atoms with van der Waals surface area (Å²) < 4.78 is 0. The standard InChI is InChI=1S/C21H31NSi/c1-4-18-23(19-17-22(5-2)6-3,20-13-9-7-10-14-20)21-15-11-8-12-16-21/h7-16H,4-6,17-19H2,1-3H3. The fourth-order valence-electron chi connectivity index (χ4n) is 3.70. The summed E-state index contributed by atoms with van der Waals surface area (Å²) >= 11 is 0. The summed E-state index contributed by atoms with van der Waals surface area (Å²) in [6.45, 7) is 10.4. The van der Waals surface area contributed by atoms with Crippen molar-refractivity contribution in [3.8, 4) is 0 Å². The van der Waals surface area contributed by atoms with Crippen LogP contribution in [0.2, 0.25) is 12.1 Å². The van der Waals surface area contributed by atoms with Crippen LogP contribution in [0.3, 0.4) is 0 Å². The van der Waals surface area contributed by atoms with Crippen molar-refractivity contribution >= 4 is 18.4 Å². The van der Waals surface area contributed by atoms with Gasteiger partial charge in [-0.3, -0.25) is 0 Å². The molecule has 0 spiro atoms. The molecule has 2 heteroatoms. The summed E-state index contributed by atoms with van der Waals surface area (Å²) in [5.74, 6) is 0. The molecule has 0 amide bonds. The number of hydrogen-bond donors (Lipinski definition) is 0. The molecule has 0 heterocycles. The van der Waals surface area contributed by atoms with Gasteiger partial charge in [0.1, 0.15) is 8.07 Å². The number of nitrogens with zero attached hydrogens (tertiary/aromatic N) is 1. The van der Waals surface area contributed by atoms with E-state index in [4.69, 9.17) is 0 Å². The van der Waals surface area contributed by atoms with E-state index in [-0.39, 0.29) is 0 Å². The highest BCUT2D eigenvalue weighted by Gasteiger charge is 2.35. The maximum atomic E-state index is 2.57. The van der Waals surface area contributed by atoms with Gasteiger partial charge in [-0.15, -0.1) is 0 Å².